The van der Waals surface area contributed by atoms with E-state index in [9.17, 15) is 9.59 Å². The summed E-state index contributed by atoms with van der Waals surface area (Å²) < 4.78 is 15.5. The van der Waals surface area contributed by atoms with Gasteiger partial charge in [-0.25, -0.2) is 9.59 Å². The highest BCUT2D eigenvalue weighted by molar-refractivity contribution is 6.35. The highest BCUT2D eigenvalue weighted by Crippen LogP contribution is 2.25. The Morgan fingerprint density at radius 3 is 2.68 bits per heavy atom. The number of benzene rings is 2. The van der Waals surface area contributed by atoms with Gasteiger partial charge < -0.3 is 13.9 Å². The van der Waals surface area contributed by atoms with Gasteiger partial charge in [0.2, 0.25) is 0 Å². The molecule has 0 aliphatic rings. The Bertz CT molecular complexity index is 1010. The quantitative estimate of drug-likeness (QED) is 0.495. The number of ether oxygens (including phenoxy) is 2. The Kier molecular flexibility index (Phi) is 4.97. The molecule has 0 saturated carbocycles. The van der Waals surface area contributed by atoms with Crippen LogP contribution in [0.15, 0.2) is 51.7 Å². The molecule has 0 spiro atoms. The SMILES string of the molecule is COc1ccc2c(COC(=O)c3cc(Cl)ccc3Cl)cc(=O)oc2c1. The topological polar surface area (TPSA) is 65.7 Å². The fourth-order valence-corrected chi connectivity index (χ4v) is 2.70. The van der Waals surface area contributed by atoms with Crippen molar-refractivity contribution in [3.8, 4) is 5.75 Å². The van der Waals surface area contributed by atoms with E-state index in [4.69, 9.17) is 37.1 Å². The number of hydrogen-bond donors (Lipinski definition) is 0. The fraction of sp³-hybridized carbons (Fsp3) is 0.111. The van der Waals surface area contributed by atoms with Gasteiger partial charge in [0, 0.05) is 28.1 Å². The first-order valence-corrected chi connectivity index (χ1v) is 7.96. The minimum Gasteiger partial charge on any atom is -0.497 e. The van der Waals surface area contributed by atoms with Crippen LogP contribution in [0.1, 0.15) is 15.9 Å². The number of methoxy groups -OCH3 is 1. The number of carbonyl (C=O) groups excluding carboxylic acids is 1. The van der Waals surface area contributed by atoms with E-state index >= 15 is 0 Å². The van der Waals surface area contributed by atoms with E-state index in [-0.39, 0.29) is 17.2 Å². The lowest BCUT2D eigenvalue weighted by atomic mass is 10.1. The van der Waals surface area contributed by atoms with E-state index in [1.165, 1.54) is 25.3 Å². The van der Waals surface area contributed by atoms with Crippen molar-refractivity contribution in [2.75, 3.05) is 7.11 Å². The molecule has 0 bridgehead atoms. The molecule has 25 heavy (non-hydrogen) atoms. The summed E-state index contributed by atoms with van der Waals surface area (Å²) in [6.07, 6.45) is 0. The third kappa shape index (κ3) is 3.78. The molecule has 0 aliphatic heterocycles. The maximum Gasteiger partial charge on any atom is 0.340 e. The second kappa shape index (κ2) is 7.17. The molecule has 2 aromatic carbocycles. The van der Waals surface area contributed by atoms with Crippen molar-refractivity contribution in [2.45, 2.75) is 6.61 Å². The van der Waals surface area contributed by atoms with Crippen molar-refractivity contribution < 1.29 is 18.7 Å². The van der Waals surface area contributed by atoms with Gasteiger partial charge in [-0.3, -0.25) is 0 Å². The van der Waals surface area contributed by atoms with Crippen LogP contribution in [0.4, 0.5) is 0 Å². The van der Waals surface area contributed by atoms with Gasteiger partial charge in [-0.1, -0.05) is 23.2 Å². The van der Waals surface area contributed by atoms with Crippen LogP contribution in [0.2, 0.25) is 10.0 Å². The molecule has 1 aromatic heterocycles. The molecular weight excluding hydrogens is 367 g/mol. The molecule has 0 fully saturated rings. The smallest absolute Gasteiger partial charge is 0.340 e. The molecule has 0 aliphatic carbocycles. The number of fused-ring (bicyclic) bond motifs is 1. The van der Waals surface area contributed by atoms with Gasteiger partial charge in [-0.05, 0) is 30.3 Å². The summed E-state index contributed by atoms with van der Waals surface area (Å²) in [4.78, 5) is 24.0. The van der Waals surface area contributed by atoms with Crippen LogP contribution >= 0.6 is 23.2 Å². The van der Waals surface area contributed by atoms with Gasteiger partial charge in [0.1, 0.15) is 17.9 Å². The lowest BCUT2D eigenvalue weighted by Gasteiger charge is -2.09. The number of esters is 1. The van der Waals surface area contributed by atoms with Crippen molar-refractivity contribution in [1.82, 2.24) is 0 Å². The molecule has 0 atom stereocenters. The molecule has 0 unspecified atom stereocenters. The average Bonchev–Trinajstić information content (AvgIpc) is 2.60. The van der Waals surface area contributed by atoms with E-state index in [1.54, 1.807) is 24.3 Å². The molecule has 3 aromatic rings. The van der Waals surface area contributed by atoms with Gasteiger partial charge in [0.25, 0.3) is 0 Å². The molecule has 0 radical (unpaired) electrons. The maximum absolute atomic E-state index is 12.2. The van der Waals surface area contributed by atoms with Crippen LogP contribution in [-0.4, -0.2) is 13.1 Å². The van der Waals surface area contributed by atoms with Gasteiger partial charge in [0.15, 0.2) is 0 Å². The lowest BCUT2D eigenvalue weighted by Crippen LogP contribution is -2.08. The first-order valence-electron chi connectivity index (χ1n) is 7.21. The Morgan fingerprint density at radius 1 is 1.12 bits per heavy atom. The van der Waals surface area contributed by atoms with E-state index in [1.807, 2.05) is 0 Å². The zero-order valence-corrected chi connectivity index (χ0v) is 14.6. The van der Waals surface area contributed by atoms with Crippen LogP contribution in [0.3, 0.4) is 0 Å². The number of carbonyl (C=O) groups is 1. The van der Waals surface area contributed by atoms with Crippen molar-refractivity contribution in [3.63, 3.8) is 0 Å². The Hall–Kier alpha value is -2.50. The standard InChI is InChI=1S/C18H12Cl2O5/c1-23-12-3-4-13-10(6-17(21)25-16(13)8-12)9-24-18(22)14-7-11(19)2-5-15(14)20/h2-8H,9H2,1H3. The van der Waals surface area contributed by atoms with Crippen molar-refractivity contribution >= 4 is 40.1 Å². The molecule has 1 heterocycles. The van der Waals surface area contributed by atoms with Crippen LogP contribution in [-0.2, 0) is 11.3 Å². The van der Waals surface area contributed by atoms with Gasteiger partial charge in [0.05, 0.1) is 17.7 Å². The zero-order valence-electron chi connectivity index (χ0n) is 13.0. The highest BCUT2D eigenvalue weighted by Gasteiger charge is 2.14. The second-order valence-electron chi connectivity index (χ2n) is 5.15. The van der Waals surface area contributed by atoms with Crippen molar-refractivity contribution in [3.05, 3.63) is 74.1 Å². The largest absolute Gasteiger partial charge is 0.497 e. The fourth-order valence-electron chi connectivity index (χ4n) is 2.33. The normalized spacial score (nSPS) is 10.7. The van der Waals surface area contributed by atoms with Crippen LogP contribution < -0.4 is 10.4 Å². The zero-order chi connectivity index (χ0) is 18.0. The molecule has 7 heteroatoms. The molecule has 3 rings (SSSR count). The van der Waals surface area contributed by atoms with Gasteiger partial charge in [-0.2, -0.15) is 0 Å². The maximum atomic E-state index is 12.2. The summed E-state index contributed by atoms with van der Waals surface area (Å²) in [6, 6.07) is 10.8. The number of rotatable bonds is 4. The molecule has 0 saturated heterocycles. The third-order valence-corrected chi connectivity index (χ3v) is 4.11. The lowest BCUT2D eigenvalue weighted by molar-refractivity contribution is 0.0474. The summed E-state index contributed by atoms with van der Waals surface area (Å²) in [5.74, 6) is -0.0853. The Balaban J connectivity index is 1.89. The monoisotopic (exact) mass is 378 g/mol. The van der Waals surface area contributed by atoms with E-state index in [0.29, 0.717) is 27.3 Å². The molecule has 128 valence electrons. The minimum atomic E-state index is -0.637. The average molecular weight is 379 g/mol. The predicted molar refractivity (Wildman–Crippen MR) is 94.6 cm³/mol. The van der Waals surface area contributed by atoms with E-state index in [2.05, 4.69) is 0 Å². The summed E-state index contributed by atoms with van der Waals surface area (Å²) >= 11 is 11.9. The first kappa shape index (κ1) is 17.3. The van der Waals surface area contributed by atoms with E-state index < -0.39 is 11.6 Å². The van der Waals surface area contributed by atoms with Crippen LogP contribution in [0.25, 0.3) is 11.0 Å². The number of halogens is 2. The molecule has 0 N–H and O–H groups in total. The van der Waals surface area contributed by atoms with Gasteiger partial charge in [-0.15, -0.1) is 0 Å². The second-order valence-corrected chi connectivity index (χ2v) is 6.00. The summed E-state index contributed by atoms with van der Waals surface area (Å²) in [7, 11) is 1.51. The summed E-state index contributed by atoms with van der Waals surface area (Å²) in [6.45, 7) is -0.115. The van der Waals surface area contributed by atoms with E-state index in [0.717, 1.165) is 0 Å². The Morgan fingerprint density at radius 2 is 1.92 bits per heavy atom. The van der Waals surface area contributed by atoms with Crippen LogP contribution in [0, 0.1) is 0 Å². The highest BCUT2D eigenvalue weighted by atomic mass is 35.5. The predicted octanol–water partition coefficient (Wildman–Crippen LogP) is 4.47. The Labute approximate surface area is 152 Å². The van der Waals surface area contributed by atoms with Crippen molar-refractivity contribution in [1.29, 1.82) is 0 Å². The summed E-state index contributed by atoms with van der Waals surface area (Å²) in [5, 5.41) is 1.25. The first-order chi connectivity index (χ1) is 12.0. The summed E-state index contributed by atoms with van der Waals surface area (Å²) in [5.41, 5.74) is 0.467. The number of hydrogen-bond acceptors (Lipinski definition) is 5. The molecular formula is C18H12Cl2O5. The van der Waals surface area contributed by atoms with Gasteiger partial charge >= 0.3 is 11.6 Å². The van der Waals surface area contributed by atoms with Crippen LogP contribution in [0.5, 0.6) is 5.75 Å². The third-order valence-electron chi connectivity index (χ3n) is 3.54. The van der Waals surface area contributed by atoms with Crippen molar-refractivity contribution in [2.24, 2.45) is 0 Å². The molecule has 5 nitrogen and oxygen atoms in total. The molecule has 0 amide bonds. The minimum absolute atomic E-state index is 0.115.